The van der Waals surface area contributed by atoms with Crippen LogP contribution in [0.25, 0.3) is 0 Å². The van der Waals surface area contributed by atoms with Crippen molar-refractivity contribution in [3.05, 3.63) is 59.5 Å². The van der Waals surface area contributed by atoms with E-state index in [9.17, 15) is 18.4 Å². The summed E-state index contributed by atoms with van der Waals surface area (Å²) >= 11 is 0. The fourth-order valence-electron chi connectivity index (χ4n) is 2.34. The Balaban J connectivity index is 2.72. The van der Waals surface area contributed by atoms with Gasteiger partial charge in [0.1, 0.15) is 5.70 Å². The van der Waals surface area contributed by atoms with Crippen molar-refractivity contribution in [2.24, 2.45) is 0 Å². The van der Waals surface area contributed by atoms with Crippen molar-refractivity contribution in [2.45, 2.75) is 6.92 Å². The van der Waals surface area contributed by atoms with E-state index >= 15 is 0 Å². The molecule has 0 amide bonds. The van der Waals surface area contributed by atoms with Crippen molar-refractivity contribution >= 4 is 17.6 Å². The number of anilines is 1. The van der Waals surface area contributed by atoms with Gasteiger partial charge < -0.3 is 19.1 Å². The monoisotopic (exact) mass is 365 g/mol. The minimum atomic E-state index is -1.02. The van der Waals surface area contributed by atoms with Crippen LogP contribution in [0.3, 0.4) is 0 Å². The molecule has 0 radical (unpaired) electrons. The predicted octanol–water partition coefficient (Wildman–Crippen LogP) is 2.85. The quantitative estimate of drug-likeness (QED) is 0.748. The molecule has 0 N–H and O–H groups in total. The molecule has 2 rings (SSSR count). The van der Waals surface area contributed by atoms with E-state index in [2.05, 4.69) is 4.74 Å². The first-order chi connectivity index (χ1) is 12.5. The summed E-state index contributed by atoms with van der Waals surface area (Å²) in [6.45, 7) is 1.62. The largest absolute Gasteiger partial charge is 0.488 e. The first-order valence-electron chi connectivity index (χ1n) is 7.62. The van der Waals surface area contributed by atoms with E-state index in [1.165, 1.54) is 24.4 Å². The highest BCUT2D eigenvalue weighted by atomic mass is 19.1. The standard InChI is InChI=1S/C18H17F2NO5/c1-4-26-16-12(19)8-9-13(14(16)20)21-10-6-5-7-11(17(22)24-2)15(21)18(23)25-3/h5-10H,4H2,1-3H3. The second-order valence-corrected chi connectivity index (χ2v) is 4.96. The van der Waals surface area contributed by atoms with Crippen LogP contribution < -0.4 is 9.64 Å². The molecule has 0 atom stereocenters. The third-order valence-electron chi connectivity index (χ3n) is 3.47. The van der Waals surface area contributed by atoms with E-state index in [4.69, 9.17) is 9.47 Å². The van der Waals surface area contributed by atoms with Crippen LogP contribution >= 0.6 is 0 Å². The summed E-state index contributed by atoms with van der Waals surface area (Å²) in [4.78, 5) is 25.4. The van der Waals surface area contributed by atoms with Crippen LogP contribution in [0.4, 0.5) is 14.5 Å². The Bertz CT molecular complexity index is 814. The second-order valence-electron chi connectivity index (χ2n) is 4.96. The molecule has 138 valence electrons. The lowest BCUT2D eigenvalue weighted by Crippen LogP contribution is -2.27. The van der Waals surface area contributed by atoms with Crippen molar-refractivity contribution in [2.75, 3.05) is 25.7 Å². The molecule has 0 saturated carbocycles. The Morgan fingerprint density at radius 1 is 1.08 bits per heavy atom. The van der Waals surface area contributed by atoms with Crippen molar-refractivity contribution in [1.29, 1.82) is 0 Å². The smallest absolute Gasteiger partial charge is 0.355 e. The molecule has 1 heterocycles. The Hall–Kier alpha value is -3.16. The lowest BCUT2D eigenvalue weighted by Gasteiger charge is -2.24. The lowest BCUT2D eigenvalue weighted by molar-refractivity contribution is -0.139. The number of hydrogen-bond donors (Lipinski definition) is 0. The van der Waals surface area contributed by atoms with Crippen LogP contribution in [0.1, 0.15) is 6.92 Å². The molecule has 1 aromatic carbocycles. The maximum Gasteiger partial charge on any atom is 0.355 e. The minimum absolute atomic E-state index is 0.0434. The minimum Gasteiger partial charge on any atom is -0.488 e. The van der Waals surface area contributed by atoms with Crippen LogP contribution in [0.2, 0.25) is 0 Å². The number of carbonyl (C=O) groups excluding carboxylic acids is 2. The van der Waals surface area contributed by atoms with Crippen molar-refractivity contribution in [1.82, 2.24) is 0 Å². The molecule has 0 aliphatic carbocycles. The fourth-order valence-corrected chi connectivity index (χ4v) is 2.34. The van der Waals surface area contributed by atoms with Crippen LogP contribution in [0.5, 0.6) is 5.75 Å². The fraction of sp³-hybridized carbons (Fsp3) is 0.222. The maximum absolute atomic E-state index is 14.8. The summed E-state index contributed by atoms with van der Waals surface area (Å²) in [6.07, 6.45) is 5.62. The molecule has 26 heavy (non-hydrogen) atoms. The highest BCUT2D eigenvalue weighted by Gasteiger charge is 2.30. The first kappa shape index (κ1) is 19.2. The van der Waals surface area contributed by atoms with E-state index in [0.29, 0.717) is 0 Å². The molecule has 0 aromatic heterocycles. The molecule has 0 saturated heterocycles. The van der Waals surface area contributed by atoms with Gasteiger partial charge in [-0.2, -0.15) is 0 Å². The van der Waals surface area contributed by atoms with Crippen molar-refractivity contribution in [3.8, 4) is 5.75 Å². The molecule has 1 aliphatic heterocycles. The maximum atomic E-state index is 14.8. The van der Waals surface area contributed by atoms with Gasteiger partial charge in [-0.3, -0.25) is 0 Å². The number of benzene rings is 1. The van der Waals surface area contributed by atoms with Gasteiger partial charge in [-0.25, -0.2) is 18.4 Å². The summed E-state index contributed by atoms with van der Waals surface area (Å²) in [5, 5.41) is 0. The Kier molecular flexibility index (Phi) is 6.11. The molecular weight excluding hydrogens is 348 g/mol. The number of carbonyl (C=O) groups is 2. The SMILES string of the molecule is CCOc1c(F)ccc(N2C=CC=CC(C(=O)OC)=C2C(=O)OC)c1F. The van der Waals surface area contributed by atoms with E-state index in [0.717, 1.165) is 31.3 Å². The second kappa shape index (κ2) is 8.28. The van der Waals surface area contributed by atoms with Gasteiger partial charge in [0.25, 0.3) is 0 Å². The number of ether oxygens (including phenoxy) is 3. The zero-order valence-corrected chi connectivity index (χ0v) is 14.4. The summed E-state index contributed by atoms with van der Waals surface area (Å²) < 4.78 is 43.1. The van der Waals surface area contributed by atoms with Crippen LogP contribution in [-0.2, 0) is 19.1 Å². The first-order valence-corrected chi connectivity index (χ1v) is 7.62. The van der Waals surface area contributed by atoms with Crippen LogP contribution in [-0.4, -0.2) is 32.8 Å². The zero-order valence-electron chi connectivity index (χ0n) is 14.4. The number of methoxy groups -OCH3 is 2. The number of nitrogens with zero attached hydrogens (tertiary/aromatic N) is 1. The Morgan fingerprint density at radius 2 is 1.77 bits per heavy atom. The topological polar surface area (TPSA) is 65.1 Å². The van der Waals surface area contributed by atoms with Crippen molar-refractivity contribution in [3.63, 3.8) is 0 Å². The number of esters is 2. The highest BCUT2D eigenvalue weighted by Crippen LogP contribution is 2.34. The summed E-state index contributed by atoms with van der Waals surface area (Å²) in [5.41, 5.74) is -0.625. The van der Waals surface area contributed by atoms with Crippen LogP contribution in [0.15, 0.2) is 47.8 Å². The van der Waals surface area contributed by atoms with Crippen molar-refractivity contribution < 1.29 is 32.6 Å². The van der Waals surface area contributed by atoms with Gasteiger partial charge in [0.05, 0.1) is 32.1 Å². The average Bonchev–Trinajstić information content (AvgIpc) is 2.86. The van der Waals surface area contributed by atoms with E-state index in [-0.39, 0.29) is 23.6 Å². The summed E-state index contributed by atoms with van der Waals surface area (Å²) in [6, 6.07) is 2.13. The molecule has 1 aliphatic rings. The zero-order chi connectivity index (χ0) is 19.3. The predicted molar refractivity (Wildman–Crippen MR) is 89.3 cm³/mol. The summed E-state index contributed by atoms with van der Waals surface area (Å²) in [7, 11) is 2.26. The van der Waals surface area contributed by atoms with Gasteiger partial charge in [0.15, 0.2) is 17.4 Å². The van der Waals surface area contributed by atoms with Gasteiger partial charge in [-0.15, -0.1) is 0 Å². The third kappa shape index (κ3) is 3.58. The Labute approximate surface area is 148 Å². The lowest BCUT2D eigenvalue weighted by atomic mass is 10.1. The third-order valence-corrected chi connectivity index (χ3v) is 3.47. The molecule has 0 spiro atoms. The van der Waals surface area contributed by atoms with E-state index in [1.54, 1.807) is 6.92 Å². The number of allylic oxidation sites excluding steroid dienone is 2. The molecule has 8 heteroatoms. The molecule has 1 aromatic rings. The molecular formula is C18H17F2NO5. The van der Waals surface area contributed by atoms with E-state index in [1.807, 2.05) is 0 Å². The number of halogens is 2. The molecule has 0 bridgehead atoms. The number of rotatable bonds is 5. The van der Waals surface area contributed by atoms with Crippen LogP contribution in [0, 0.1) is 11.6 Å². The van der Waals surface area contributed by atoms with Gasteiger partial charge in [0, 0.05) is 6.20 Å². The van der Waals surface area contributed by atoms with Gasteiger partial charge >= 0.3 is 11.9 Å². The highest BCUT2D eigenvalue weighted by molar-refractivity contribution is 6.05. The van der Waals surface area contributed by atoms with Gasteiger partial charge in [-0.1, -0.05) is 6.08 Å². The molecule has 0 fully saturated rings. The van der Waals surface area contributed by atoms with E-state index < -0.39 is 29.3 Å². The summed E-state index contributed by atoms with van der Waals surface area (Å²) in [5.74, 6) is -4.21. The average molecular weight is 365 g/mol. The molecule has 0 unspecified atom stereocenters. The Morgan fingerprint density at radius 3 is 2.38 bits per heavy atom. The van der Waals surface area contributed by atoms with Gasteiger partial charge in [0.2, 0.25) is 0 Å². The molecule has 6 nitrogen and oxygen atoms in total. The van der Waals surface area contributed by atoms with Gasteiger partial charge in [-0.05, 0) is 31.2 Å². The number of hydrogen-bond acceptors (Lipinski definition) is 6. The normalized spacial score (nSPS) is 13.5.